The Morgan fingerprint density at radius 1 is 1.48 bits per heavy atom. The van der Waals surface area contributed by atoms with Gasteiger partial charge in [-0.2, -0.15) is 5.10 Å². The van der Waals surface area contributed by atoms with Crippen molar-refractivity contribution in [2.24, 2.45) is 5.10 Å². The lowest BCUT2D eigenvalue weighted by atomic mass is 10.1. The topological polar surface area (TPSA) is 82.8 Å². The van der Waals surface area contributed by atoms with Crippen molar-refractivity contribution in [1.82, 2.24) is 10.7 Å². The molecule has 1 aliphatic heterocycles. The molecule has 23 heavy (non-hydrogen) atoms. The number of nitro groups is 1. The maximum atomic E-state index is 11.0. The van der Waals surface area contributed by atoms with Gasteiger partial charge in [-0.15, -0.1) is 6.58 Å². The number of nitro benzene ring substituents is 1. The molecule has 0 bridgehead atoms. The van der Waals surface area contributed by atoms with Gasteiger partial charge in [0, 0.05) is 43.0 Å². The van der Waals surface area contributed by atoms with E-state index in [1.807, 2.05) is 0 Å². The second-order valence-corrected chi connectivity index (χ2v) is 5.47. The zero-order chi connectivity index (χ0) is 16.7. The van der Waals surface area contributed by atoms with E-state index in [0.717, 1.165) is 31.6 Å². The van der Waals surface area contributed by atoms with Gasteiger partial charge in [-0.25, -0.2) is 0 Å². The molecule has 122 valence electrons. The summed E-state index contributed by atoms with van der Waals surface area (Å²) in [5, 5.41) is 18.3. The molecule has 1 saturated heterocycles. The molecule has 1 aromatic carbocycles. The first kappa shape index (κ1) is 16.9. The van der Waals surface area contributed by atoms with Crippen LogP contribution >= 0.6 is 12.2 Å². The molecule has 0 atom stereocenters. The average molecular weight is 333 g/mol. The zero-order valence-corrected chi connectivity index (χ0v) is 13.5. The third-order valence-electron chi connectivity index (χ3n) is 3.45. The molecule has 1 aromatic rings. The van der Waals surface area contributed by atoms with Crippen LogP contribution in [0.1, 0.15) is 18.4 Å². The molecule has 0 saturated carbocycles. The predicted octanol–water partition coefficient (Wildman–Crippen LogP) is 2.18. The summed E-state index contributed by atoms with van der Waals surface area (Å²) in [5.74, 6) is 0. The molecule has 1 fully saturated rings. The van der Waals surface area contributed by atoms with Crippen molar-refractivity contribution in [3.63, 3.8) is 0 Å². The Hall–Kier alpha value is -2.48. The molecule has 1 aliphatic rings. The van der Waals surface area contributed by atoms with Crippen LogP contribution in [0.25, 0.3) is 0 Å². The molecule has 0 aromatic heterocycles. The Morgan fingerprint density at radius 2 is 2.22 bits per heavy atom. The van der Waals surface area contributed by atoms with E-state index in [2.05, 4.69) is 27.3 Å². The van der Waals surface area contributed by atoms with Crippen LogP contribution in [-0.4, -0.2) is 35.9 Å². The van der Waals surface area contributed by atoms with E-state index < -0.39 is 4.92 Å². The van der Waals surface area contributed by atoms with Crippen molar-refractivity contribution in [3.8, 4) is 0 Å². The predicted molar refractivity (Wildman–Crippen MR) is 96.1 cm³/mol. The average Bonchev–Trinajstić information content (AvgIpc) is 3.07. The van der Waals surface area contributed by atoms with E-state index in [1.54, 1.807) is 18.4 Å². The summed E-state index contributed by atoms with van der Waals surface area (Å²) in [7, 11) is 0. The molecule has 2 N–H and O–H groups in total. The number of rotatable bonds is 6. The molecule has 0 aliphatic carbocycles. The van der Waals surface area contributed by atoms with E-state index in [4.69, 9.17) is 12.2 Å². The number of anilines is 1. The second-order valence-electron chi connectivity index (χ2n) is 5.06. The monoisotopic (exact) mass is 333 g/mol. The van der Waals surface area contributed by atoms with E-state index in [-0.39, 0.29) is 5.69 Å². The van der Waals surface area contributed by atoms with Gasteiger partial charge >= 0.3 is 0 Å². The molecule has 0 amide bonds. The molecule has 0 spiro atoms. The fourth-order valence-electron chi connectivity index (χ4n) is 2.37. The van der Waals surface area contributed by atoms with Gasteiger partial charge < -0.3 is 10.2 Å². The van der Waals surface area contributed by atoms with E-state index in [1.165, 1.54) is 12.1 Å². The van der Waals surface area contributed by atoms with Gasteiger partial charge in [0.05, 0.1) is 11.1 Å². The Labute approximate surface area is 140 Å². The van der Waals surface area contributed by atoms with Gasteiger partial charge in [0.2, 0.25) is 0 Å². The molecule has 7 nitrogen and oxygen atoms in total. The summed E-state index contributed by atoms with van der Waals surface area (Å²) in [6, 6.07) is 4.83. The van der Waals surface area contributed by atoms with Crippen molar-refractivity contribution in [2.75, 3.05) is 24.5 Å². The van der Waals surface area contributed by atoms with Gasteiger partial charge in [-0.1, -0.05) is 6.08 Å². The molecule has 2 rings (SSSR count). The van der Waals surface area contributed by atoms with E-state index in [0.29, 0.717) is 17.2 Å². The number of hydrazone groups is 1. The maximum Gasteiger partial charge on any atom is 0.270 e. The highest BCUT2D eigenvalue weighted by Crippen LogP contribution is 2.27. The van der Waals surface area contributed by atoms with Gasteiger partial charge in [0.15, 0.2) is 5.11 Å². The van der Waals surface area contributed by atoms with Crippen LogP contribution < -0.4 is 15.6 Å². The van der Waals surface area contributed by atoms with Gasteiger partial charge in [0.1, 0.15) is 0 Å². The zero-order valence-electron chi connectivity index (χ0n) is 12.7. The van der Waals surface area contributed by atoms with Gasteiger partial charge in [0.25, 0.3) is 5.69 Å². The lowest BCUT2D eigenvalue weighted by Gasteiger charge is -2.19. The number of non-ortho nitro benzene ring substituents is 1. The number of nitrogens with zero attached hydrogens (tertiary/aromatic N) is 3. The summed E-state index contributed by atoms with van der Waals surface area (Å²) in [5.41, 5.74) is 4.37. The van der Waals surface area contributed by atoms with Crippen LogP contribution in [0.3, 0.4) is 0 Å². The van der Waals surface area contributed by atoms with Crippen LogP contribution in [0, 0.1) is 10.1 Å². The maximum absolute atomic E-state index is 11.0. The van der Waals surface area contributed by atoms with Crippen molar-refractivity contribution < 1.29 is 4.92 Å². The number of nitrogens with one attached hydrogen (secondary N) is 2. The van der Waals surface area contributed by atoms with Crippen LogP contribution in [-0.2, 0) is 0 Å². The van der Waals surface area contributed by atoms with Crippen molar-refractivity contribution in [3.05, 3.63) is 46.5 Å². The van der Waals surface area contributed by atoms with E-state index in [9.17, 15) is 10.1 Å². The van der Waals surface area contributed by atoms with Crippen LogP contribution in [0.2, 0.25) is 0 Å². The molecule has 0 unspecified atom stereocenters. The first-order valence-electron chi connectivity index (χ1n) is 7.33. The number of hydrogen-bond donors (Lipinski definition) is 2. The van der Waals surface area contributed by atoms with E-state index >= 15 is 0 Å². The first-order chi connectivity index (χ1) is 11.1. The largest absolute Gasteiger partial charge is 0.371 e. The minimum atomic E-state index is -0.408. The highest BCUT2D eigenvalue weighted by atomic mass is 32.1. The first-order valence-corrected chi connectivity index (χ1v) is 7.74. The quantitative estimate of drug-likeness (QED) is 0.273. The smallest absolute Gasteiger partial charge is 0.270 e. The minimum absolute atomic E-state index is 0.0433. The SMILES string of the molecule is C=CCNC(=S)N/N=C/c1cc([N+](=O)[O-])ccc1N1CCCC1. The molecule has 8 heteroatoms. The van der Waals surface area contributed by atoms with Crippen LogP contribution in [0.15, 0.2) is 36.0 Å². The Balaban J connectivity index is 2.16. The Kier molecular flexibility index (Phi) is 6.04. The Morgan fingerprint density at radius 3 is 2.87 bits per heavy atom. The lowest BCUT2D eigenvalue weighted by molar-refractivity contribution is -0.384. The number of thiocarbonyl (C=S) groups is 1. The standard InChI is InChI=1S/C15H19N5O2S/c1-2-7-16-15(23)18-17-11-12-10-13(20(21)22)5-6-14(12)19-8-3-4-9-19/h2,5-6,10-11H,1,3-4,7-9H2,(H2,16,18,23)/b17-11+. The second kappa shape index (κ2) is 8.23. The molecule has 1 heterocycles. The fourth-order valence-corrected chi connectivity index (χ4v) is 2.51. The Bertz CT molecular complexity index is 626. The van der Waals surface area contributed by atoms with Gasteiger partial charge in [-0.05, 0) is 31.1 Å². The molecular weight excluding hydrogens is 314 g/mol. The third kappa shape index (κ3) is 4.75. The summed E-state index contributed by atoms with van der Waals surface area (Å²) in [4.78, 5) is 12.8. The third-order valence-corrected chi connectivity index (χ3v) is 3.68. The molecular formula is C15H19N5O2S. The minimum Gasteiger partial charge on any atom is -0.371 e. The summed E-state index contributed by atoms with van der Waals surface area (Å²) in [6.45, 7) is 6.02. The highest BCUT2D eigenvalue weighted by Gasteiger charge is 2.17. The number of hydrogen-bond acceptors (Lipinski definition) is 5. The van der Waals surface area contributed by atoms with Crippen molar-refractivity contribution in [1.29, 1.82) is 0 Å². The lowest BCUT2D eigenvalue weighted by Crippen LogP contribution is -2.32. The summed E-state index contributed by atoms with van der Waals surface area (Å²) >= 11 is 5.04. The van der Waals surface area contributed by atoms with Crippen molar-refractivity contribution in [2.45, 2.75) is 12.8 Å². The fraction of sp³-hybridized carbons (Fsp3) is 0.333. The van der Waals surface area contributed by atoms with Crippen LogP contribution in [0.4, 0.5) is 11.4 Å². The van der Waals surface area contributed by atoms with Crippen LogP contribution in [0.5, 0.6) is 0 Å². The molecule has 0 radical (unpaired) electrons. The highest BCUT2D eigenvalue weighted by molar-refractivity contribution is 7.80. The summed E-state index contributed by atoms with van der Waals surface area (Å²) in [6.07, 6.45) is 5.50. The van der Waals surface area contributed by atoms with Crippen molar-refractivity contribution >= 4 is 34.9 Å². The summed E-state index contributed by atoms with van der Waals surface area (Å²) < 4.78 is 0. The number of benzene rings is 1. The van der Waals surface area contributed by atoms with Gasteiger partial charge in [-0.3, -0.25) is 15.5 Å². The normalized spacial score (nSPS) is 14.0.